The predicted octanol–water partition coefficient (Wildman–Crippen LogP) is 2.26. The second-order valence-electron chi connectivity index (χ2n) is 6.29. The number of rotatable bonds is 7. The van der Waals surface area contributed by atoms with E-state index in [9.17, 15) is 9.90 Å². The largest absolute Gasteiger partial charge is 0.389 e. The molecule has 114 valence electrons. The van der Waals surface area contributed by atoms with Crippen LogP contribution in [-0.2, 0) is 4.79 Å². The number of hydrogen-bond donors (Lipinski definition) is 2. The summed E-state index contributed by atoms with van der Waals surface area (Å²) in [5, 5.41) is 14.9. The van der Waals surface area contributed by atoms with Crippen molar-refractivity contribution in [3.05, 3.63) is 22.4 Å². The van der Waals surface area contributed by atoms with Gasteiger partial charge in [-0.25, -0.2) is 0 Å². The van der Waals surface area contributed by atoms with Gasteiger partial charge in [0.15, 0.2) is 0 Å². The third-order valence-corrected chi connectivity index (χ3v) is 3.86. The van der Waals surface area contributed by atoms with E-state index in [1.165, 1.54) is 4.88 Å². The van der Waals surface area contributed by atoms with Crippen molar-refractivity contribution < 1.29 is 9.90 Å². The van der Waals surface area contributed by atoms with Gasteiger partial charge in [0.1, 0.15) is 0 Å². The first-order valence-corrected chi connectivity index (χ1v) is 7.80. The Labute approximate surface area is 125 Å². The zero-order valence-electron chi connectivity index (χ0n) is 13.0. The van der Waals surface area contributed by atoms with Crippen LogP contribution in [0.15, 0.2) is 17.5 Å². The molecule has 0 aromatic carbocycles. The molecule has 20 heavy (non-hydrogen) atoms. The van der Waals surface area contributed by atoms with Gasteiger partial charge in [0.2, 0.25) is 5.91 Å². The topological polar surface area (TPSA) is 52.6 Å². The van der Waals surface area contributed by atoms with Gasteiger partial charge in [-0.1, -0.05) is 19.9 Å². The van der Waals surface area contributed by atoms with Gasteiger partial charge in [-0.3, -0.25) is 9.69 Å². The second-order valence-corrected chi connectivity index (χ2v) is 7.27. The molecule has 0 aliphatic carbocycles. The van der Waals surface area contributed by atoms with E-state index in [0.717, 1.165) is 0 Å². The summed E-state index contributed by atoms with van der Waals surface area (Å²) < 4.78 is 0. The van der Waals surface area contributed by atoms with Crippen molar-refractivity contribution in [3.8, 4) is 0 Å². The molecule has 1 unspecified atom stereocenters. The fourth-order valence-corrected chi connectivity index (χ4v) is 3.16. The normalized spacial score (nSPS) is 13.8. The van der Waals surface area contributed by atoms with E-state index < -0.39 is 5.60 Å². The number of nitrogens with zero attached hydrogens (tertiary/aromatic N) is 1. The van der Waals surface area contributed by atoms with Gasteiger partial charge < -0.3 is 10.4 Å². The van der Waals surface area contributed by atoms with Crippen LogP contribution in [0.1, 0.15) is 38.6 Å². The highest BCUT2D eigenvalue weighted by Crippen LogP contribution is 2.25. The molecular formula is C15H26N2O2S. The first-order chi connectivity index (χ1) is 9.19. The van der Waals surface area contributed by atoms with E-state index in [-0.39, 0.29) is 11.9 Å². The van der Waals surface area contributed by atoms with Gasteiger partial charge in [0.25, 0.3) is 0 Å². The summed E-state index contributed by atoms with van der Waals surface area (Å²) in [6.45, 7) is 8.44. The second kappa shape index (κ2) is 7.20. The number of nitrogens with one attached hydrogen (secondary N) is 1. The standard InChI is InChI=1S/C15H26N2O2S/c1-11(2)14(12-7-6-8-20-12)16-13(18)9-17(5)10-15(3,4)19/h6-8,11,14,19H,9-10H2,1-5H3,(H,16,18). The molecule has 1 rings (SSSR count). The molecule has 0 saturated heterocycles. The van der Waals surface area contributed by atoms with Crippen LogP contribution in [0.5, 0.6) is 0 Å². The molecule has 0 saturated carbocycles. The summed E-state index contributed by atoms with van der Waals surface area (Å²) in [6, 6.07) is 4.11. The highest BCUT2D eigenvalue weighted by molar-refractivity contribution is 7.10. The molecule has 0 spiro atoms. The van der Waals surface area contributed by atoms with E-state index in [1.54, 1.807) is 25.2 Å². The molecule has 0 fully saturated rings. The summed E-state index contributed by atoms with van der Waals surface area (Å²) in [4.78, 5) is 15.1. The quantitative estimate of drug-likeness (QED) is 0.812. The maximum atomic E-state index is 12.1. The Kier molecular flexibility index (Phi) is 6.17. The van der Waals surface area contributed by atoms with Crippen molar-refractivity contribution in [2.24, 2.45) is 5.92 Å². The number of carbonyl (C=O) groups is 1. The van der Waals surface area contributed by atoms with Crippen molar-refractivity contribution in [1.29, 1.82) is 0 Å². The number of amides is 1. The van der Waals surface area contributed by atoms with Gasteiger partial charge in [-0.15, -0.1) is 11.3 Å². The Bertz CT molecular complexity index is 410. The highest BCUT2D eigenvalue weighted by atomic mass is 32.1. The molecule has 1 amide bonds. The number of hydrogen-bond acceptors (Lipinski definition) is 4. The van der Waals surface area contributed by atoms with Crippen LogP contribution in [0.4, 0.5) is 0 Å². The first-order valence-electron chi connectivity index (χ1n) is 6.93. The number of carbonyl (C=O) groups excluding carboxylic acids is 1. The van der Waals surface area contributed by atoms with E-state index in [2.05, 4.69) is 25.2 Å². The van der Waals surface area contributed by atoms with E-state index in [4.69, 9.17) is 0 Å². The average Bonchev–Trinajstić information content (AvgIpc) is 2.75. The minimum absolute atomic E-state index is 0.0103. The number of likely N-dealkylation sites (N-methyl/N-ethyl adjacent to an activating group) is 1. The highest BCUT2D eigenvalue weighted by Gasteiger charge is 2.21. The van der Waals surface area contributed by atoms with Gasteiger partial charge in [0, 0.05) is 11.4 Å². The maximum absolute atomic E-state index is 12.1. The van der Waals surface area contributed by atoms with Crippen molar-refractivity contribution in [2.75, 3.05) is 20.1 Å². The van der Waals surface area contributed by atoms with Crippen LogP contribution in [0.2, 0.25) is 0 Å². The molecule has 1 aromatic rings. The molecule has 0 aliphatic rings. The Hall–Kier alpha value is -0.910. The molecule has 1 aromatic heterocycles. The molecule has 0 bridgehead atoms. The lowest BCUT2D eigenvalue weighted by Crippen LogP contribution is -2.43. The Morgan fingerprint density at radius 1 is 1.50 bits per heavy atom. The monoisotopic (exact) mass is 298 g/mol. The lowest BCUT2D eigenvalue weighted by atomic mass is 10.0. The molecule has 0 aliphatic heterocycles. The van der Waals surface area contributed by atoms with Crippen molar-refractivity contribution >= 4 is 17.2 Å². The van der Waals surface area contributed by atoms with Crippen molar-refractivity contribution in [1.82, 2.24) is 10.2 Å². The minimum atomic E-state index is -0.791. The Morgan fingerprint density at radius 3 is 2.60 bits per heavy atom. The smallest absolute Gasteiger partial charge is 0.234 e. The van der Waals surface area contributed by atoms with E-state index in [1.807, 2.05) is 23.4 Å². The van der Waals surface area contributed by atoms with Gasteiger partial charge in [0.05, 0.1) is 18.2 Å². The summed E-state index contributed by atoms with van der Waals surface area (Å²) in [6.07, 6.45) is 0. The molecule has 2 N–H and O–H groups in total. The fraction of sp³-hybridized carbons (Fsp3) is 0.667. The summed E-state index contributed by atoms with van der Waals surface area (Å²) in [7, 11) is 1.84. The molecule has 5 heteroatoms. The van der Waals surface area contributed by atoms with Gasteiger partial charge in [-0.05, 0) is 38.3 Å². The van der Waals surface area contributed by atoms with Crippen LogP contribution >= 0.6 is 11.3 Å². The Balaban J connectivity index is 2.55. The zero-order valence-corrected chi connectivity index (χ0v) is 13.8. The number of thiophene rings is 1. The fourth-order valence-electron chi connectivity index (χ4n) is 2.22. The van der Waals surface area contributed by atoms with E-state index in [0.29, 0.717) is 19.0 Å². The Morgan fingerprint density at radius 2 is 2.15 bits per heavy atom. The third-order valence-electron chi connectivity index (χ3n) is 2.90. The van der Waals surface area contributed by atoms with Crippen molar-refractivity contribution in [3.63, 3.8) is 0 Å². The van der Waals surface area contributed by atoms with Gasteiger partial charge in [-0.2, -0.15) is 0 Å². The zero-order chi connectivity index (χ0) is 15.3. The van der Waals surface area contributed by atoms with Crippen LogP contribution in [0.3, 0.4) is 0 Å². The average molecular weight is 298 g/mol. The molecule has 0 radical (unpaired) electrons. The third kappa shape index (κ3) is 6.03. The molecule has 1 heterocycles. The lowest BCUT2D eigenvalue weighted by Gasteiger charge is -2.27. The molecular weight excluding hydrogens is 272 g/mol. The number of aliphatic hydroxyl groups is 1. The molecule has 1 atom stereocenters. The van der Waals surface area contributed by atoms with Gasteiger partial charge >= 0.3 is 0 Å². The summed E-state index contributed by atoms with van der Waals surface area (Å²) in [5.74, 6) is 0.334. The first kappa shape index (κ1) is 17.1. The molecule has 4 nitrogen and oxygen atoms in total. The van der Waals surface area contributed by atoms with Crippen LogP contribution in [0.25, 0.3) is 0 Å². The van der Waals surface area contributed by atoms with Crippen molar-refractivity contribution in [2.45, 2.75) is 39.3 Å². The summed E-state index contributed by atoms with van der Waals surface area (Å²) in [5.41, 5.74) is -0.791. The van der Waals surface area contributed by atoms with Crippen LogP contribution in [-0.4, -0.2) is 41.7 Å². The SMILES string of the molecule is CC(C)C(NC(=O)CN(C)CC(C)(C)O)c1cccs1. The lowest BCUT2D eigenvalue weighted by molar-refractivity contribution is -0.123. The summed E-state index contributed by atoms with van der Waals surface area (Å²) >= 11 is 1.66. The van der Waals surface area contributed by atoms with Crippen LogP contribution in [0, 0.1) is 5.92 Å². The maximum Gasteiger partial charge on any atom is 0.234 e. The van der Waals surface area contributed by atoms with Crippen LogP contribution < -0.4 is 5.32 Å². The minimum Gasteiger partial charge on any atom is -0.389 e. The van der Waals surface area contributed by atoms with E-state index >= 15 is 0 Å². The predicted molar refractivity (Wildman–Crippen MR) is 83.8 cm³/mol.